The summed E-state index contributed by atoms with van der Waals surface area (Å²) < 4.78 is 2.67. The van der Waals surface area contributed by atoms with Gasteiger partial charge >= 0.3 is 0 Å². The molecule has 0 amide bonds. The van der Waals surface area contributed by atoms with Gasteiger partial charge in [-0.05, 0) is 107 Å². The molecule has 0 atom stereocenters. The van der Waals surface area contributed by atoms with Crippen LogP contribution >= 0.6 is 11.3 Å². The fourth-order valence-electron chi connectivity index (χ4n) is 7.71. The van der Waals surface area contributed by atoms with Gasteiger partial charge in [0.25, 0.3) is 0 Å². The lowest BCUT2D eigenvalue weighted by atomic mass is 9.85. The number of rotatable bonds is 4. The minimum atomic E-state index is 1.23. The van der Waals surface area contributed by atoms with Crippen LogP contribution in [0.15, 0.2) is 182 Å². The minimum Gasteiger partial charge on any atom is -0.135 e. The van der Waals surface area contributed by atoms with Crippen molar-refractivity contribution in [2.45, 2.75) is 0 Å². The number of benzene rings is 9. The van der Waals surface area contributed by atoms with Crippen molar-refractivity contribution in [1.82, 2.24) is 0 Å². The van der Waals surface area contributed by atoms with Crippen LogP contribution < -0.4 is 0 Å². The van der Waals surface area contributed by atoms with Crippen molar-refractivity contribution in [3.63, 3.8) is 0 Å². The molecule has 49 heavy (non-hydrogen) atoms. The maximum atomic E-state index is 2.39. The van der Waals surface area contributed by atoms with E-state index in [1.807, 2.05) is 11.3 Å². The lowest BCUT2D eigenvalue weighted by Gasteiger charge is -2.18. The molecular weight excluding hydrogens is 609 g/mol. The molecular formula is C48H30S. The van der Waals surface area contributed by atoms with Crippen molar-refractivity contribution in [2.24, 2.45) is 0 Å². The zero-order chi connectivity index (χ0) is 32.3. The van der Waals surface area contributed by atoms with Gasteiger partial charge in [0.1, 0.15) is 0 Å². The molecule has 9 aromatic carbocycles. The third-order valence-electron chi connectivity index (χ3n) is 10.0. The Labute approximate surface area is 289 Å². The standard InChI is InChI=1S/C48H30S/c1-2-11-31(12-3-1)32-21-23-33(24-22-32)47-39-17-6-8-19-41(39)48(42-20-9-7-18-40(42)47)38-16-10-15-34(27-38)37-25-26-45-43(29-37)44-28-35-13-4-5-14-36(35)30-46(44)49-45/h1-30H. The Morgan fingerprint density at radius 3 is 1.41 bits per heavy atom. The lowest BCUT2D eigenvalue weighted by molar-refractivity contribution is 1.61. The second-order valence-corrected chi connectivity index (χ2v) is 14.0. The monoisotopic (exact) mass is 638 g/mol. The van der Waals surface area contributed by atoms with Gasteiger partial charge in [-0.25, -0.2) is 0 Å². The van der Waals surface area contributed by atoms with E-state index in [9.17, 15) is 0 Å². The van der Waals surface area contributed by atoms with Gasteiger partial charge in [0.2, 0.25) is 0 Å². The summed E-state index contributed by atoms with van der Waals surface area (Å²) in [6, 6.07) is 67.0. The van der Waals surface area contributed by atoms with Crippen molar-refractivity contribution in [3.8, 4) is 44.5 Å². The van der Waals surface area contributed by atoms with E-state index >= 15 is 0 Å². The fourth-order valence-corrected chi connectivity index (χ4v) is 8.82. The third-order valence-corrected chi connectivity index (χ3v) is 11.2. The van der Waals surface area contributed by atoms with Crippen molar-refractivity contribution in [3.05, 3.63) is 182 Å². The predicted molar refractivity (Wildman–Crippen MR) is 214 cm³/mol. The third kappa shape index (κ3) is 4.66. The molecule has 0 bridgehead atoms. The van der Waals surface area contributed by atoms with E-state index in [0.29, 0.717) is 0 Å². The van der Waals surface area contributed by atoms with Crippen molar-refractivity contribution >= 4 is 63.8 Å². The first-order chi connectivity index (χ1) is 24.3. The summed E-state index contributed by atoms with van der Waals surface area (Å²) in [5, 5.41) is 10.3. The summed E-state index contributed by atoms with van der Waals surface area (Å²) in [4.78, 5) is 0. The average Bonchev–Trinajstić information content (AvgIpc) is 3.53. The number of hydrogen-bond donors (Lipinski definition) is 0. The fraction of sp³-hybridized carbons (Fsp3) is 0. The van der Waals surface area contributed by atoms with E-state index in [4.69, 9.17) is 0 Å². The summed E-state index contributed by atoms with van der Waals surface area (Å²) in [6.07, 6.45) is 0. The second-order valence-electron chi connectivity index (χ2n) is 12.9. The Morgan fingerprint density at radius 1 is 0.245 bits per heavy atom. The summed E-state index contributed by atoms with van der Waals surface area (Å²) >= 11 is 1.88. The largest absolute Gasteiger partial charge is 0.135 e. The second kappa shape index (κ2) is 11.3. The first-order valence-electron chi connectivity index (χ1n) is 16.8. The molecule has 0 fully saturated rings. The van der Waals surface area contributed by atoms with Gasteiger partial charge in [-0.3, -0.25) is 0 Å². The molecule has 1 heteroatoms. The van der Waals surface area contributed by atoms with Crippen LogP contribution in [0, 0.1) is 0 Å². The van der Waals surface area contributed by atoms with Crippen LogP contribution in [-0.2, 0) is 0 Å². The van der Waals surface area contributed by atoms with Gasteiger partial charge < -0.3 is 0 Å². The number of hydrogen-bond acceptors (Lipinski definition) is 1. The Morgan fingerprint density at radius 2 is 0.714 bits per heavy atom. The van der Waals surface area contributed by atoms with Gasteiger partial charge in [0, 0.05) is 20.2 Å². The summed E-state index contributed by atoms with van der Waals surface area (Å²) in [5.74, 6) is 0. The molecule has 0 spiro atoms. The van der Waals surface area contributed by atoms with E-state index < -0.39 is 0 Å². The highest BCUT2D eigenvalue weighted by Crippen LogP contribution is 2.45. The first kappa shape index (κ1) is 28.0. The Bertz CT molecular complexity index is 2800. The topological polar surface area (TPSA) is 0 Å². The highest BCUT2D eigenvalue weighted by atomic mass is 32.1. The molecule has 228 valence electrons. The van der Waals surface area contributed by atoms with Gasteiger partial charge in [0.15, 0.2) is 0 Å². The maximum absolute atomic E-state index is 2.39. The minimum absolute atomic E-state index is 1.23. The zero-order valence-corrected chi connectivity index (χ0v) is 27.5. The Balaban J connectivity index is 1.14. The van der Waals surface area contributed by atoms with Crippen LogP contribution in [0.25, 0.3) is 97.0 Å². The first-order valence-corrected chi connectivity index (χ1v) is 17.7. The average molecular weight is 639 g/mol. The molecule has 1 aromatic heterocycles. The number of thiophene rings is 1. The molecule has 10 rings (SSSR count). The van der Waals surface area contributed by atoms with Crippen LogP contribution in [-0.4, -0.2) is 0 Å². The normalized spacial score (nSPS) is 11.7. The van der Waals surface area contributed by atoms with Crippen LogP contribution in [0.2, 0.25) is 0 Å². The van der Waals surface area contributed by atoms with Crippen molar-refractivity contribution in [1.29, 1.82) is 0 Å². The van der Waals surface area contributed by atoms with Gasteiger partial charge in [-0.1, -0.05) is 152 Å². The van der Waals surface area contributed by atoms with Gasteiger partial charge in [0.05, 0.1) is 0 Å². The lowest BCUT2D eigenvalue weighted by Crippen LogP contribution is -1.91. The molecule has 0 unspecified atom stereocenters. The Hall–Kier alpha value is -6.02. The SMILES string of the molecule is c1ccc(-c2ccc(-c3c4ccccc4c(-c4cccc(-c5ccc6sc7cc8ccccc8cc7c6c5)c4)c4ccccc34)cc2)cc1. The smallest absolute Gasteiger partial charge is 0.0361 e. The van der Waals surface area contributed by atoms with Crippen LogP contribution in [0.1, 0.15) is 0 Å². The van der Waals surface area contributed by atoms with E-state index in [1.54, 1.807) is 0 Å². The van der Waals surface area contributed by atoms with Crippen molar-refractivity contribution < 1.29 is 0 Å². The highest BCUT2D eigenvalue weighted by Gasteiger charge is 2.17. The molecule has 0 aliphatic carbocycles. The van der Waals surface area contributed by atoms with Crippen LogP contribution in [0.3, 0.4) is 0 Å². The van der Waals surface area contributed by atoms with Gasteiger partial charge in [-0.15, -0.1) is 11.3 Å². The number of fused-ring (bicyclic) bond motifs is 6. The van der Waals surface area contributed by atoms with Crippen molar-refractivity contribution in [2.75, 3.05) is 0 Å². The summed E-state index contributed by atoms with van der Waals surface area (Å²) in [7, 11) is 0. The predicted octanol–water partition coefficient (Wildman–Crippen LogP) is 14.2. The quantitative estimate of drug-likeness (QED) is 0.168. The maximum Gasteiger partial charge on any atom is 0.0361 e. The molecule has 0 aliphatic rings. The molecule has 0 aliphatic heterocycles. The van der Waals surface area contributed by atoms with E-state index in [0.717, 1.165) is 0 Å². The zero-order valence-electron chi connectivity index (χ0n) is 26.7. The summed E-state index contributed by atoms with van der Waals surface area (Å²) in [5.41, 5.74) is 9.97. The molecule has 0 saturated heterocycles. The summed E-state index contributed by atoms with van der Waals surface area (Å²) in [6.45, 7) is 0. The van der Waals surface area contributed by atoms with Crippen LogP contribution in [0.4, 0.5) is 0 Å². The highest BCUT2D eigenvalue weighted by molar-refractivity contribution is 7.25. The molecule has 1 heterocycles. The molecule has 0 saturated carbocycles. The molecule has 0 N–H and O–H groups in total. The molecule has 0 nitrogen and oxygen atoms in total. The van der Waals surface area contributed by atoms with E-state index in [2.05, 4.69) is 182 Å². The Kier molecular flexibility index (Phi) is 6.47. The van der Waals surface area contributed by atoms with Gasteiger partial charge in [-0.2, -0.15) is 0 Å². The van der Waals surface area contributed by atoms with E-state index in [1.165, 1.54) is 97.0 Å². The molecule has 10 aromatic rings. The van der Waals surface area contributed by atoms with E-state index in [-0.39, 0.29) is 0 Å². The molecule has 0 radical (unpaired) electrons. The van der Waals surface area contributed by atoms with Crippen LogP contribution in [0.5, 0.6) is 0 Å².